The molecular formula is C23H28N6. The molecule has 150 valence electrons. The number of benzene rings is 1. The minimum Gasteiger partial charge on any atom is -0.338 e. The molecule has 2 N–H and O–H groups in total. The van der Waals surface area contributed by atoms with Gasteiger partial charge in [-0.25, -0.2) is 5.43 Å². The third-order valence-corrected chi connectivity index (χ3v) is 5.56. The molecule has 0 radical (unpaired) electrons. The van der Waals surface area contributed by atoms with Crippen LogP contribution in [0.3, 0.4) is 0 Å². The molecule has 1 aliphatic rings. The smallest absolute Gasteiger partial charge is 0.265 e. The largest absolute Gasteiger partial charge is 0.338 e. The summed E-state index contributed by atoms with van der Waals surface area (Å²) in [5.41, 5.74) is 8.42. The van der Waals surface area contributed by atoms with Gasteiger partial charge in [0, 0.05) is 23.0 Å². The molecule has 0 saturated carbocycles. The van der Waals surface area contributed by atoms with Gasteiger partial charge in [0.15, 0.2) is 5.65 Å². The van der Waals surface area contributed by atoms with Gasteiger partial charge in [-0.2, -0.15) is 10.1 Å². The van der Waals surface area contributed by atoms with Gasteiger partial charge in [-0.15, -0.1) is 10.2 Å². The van der Waals surface area contributed by atoms with Crippen molar-refractivity contribution >= 4 is 34.2 Å². The summed E-state index contributed by atoms with van der Waals surface area (Å²) in [6, 6.07) is 8.00. The van der Waals surface area contributed by atoms with Gasteiger partial charge in [0.2, 0.25) is 0 Å². The van der Waals surface area contributed by atoms with E-state index in [1.54, 1.807) is 5.57 Å². The number of hydrogen-bond donors (Lipinski definition) is 2. The lowest BCUT2D eigenvalue weighted by molar-refractivity contribution is 0.431. The van der Waals surface area contributed by atoms with Crippen LogP contribution in [0.25, 0.3) is 22.1 Å². The maximum atomic E-state index is 4.50. The van der Waals surface area contributed by atoms with Crippen molar-refractivity contribution in [2.75, 3.05) is 5.43 Å². The Hall–Kier alpha value is -3.02. The first kappa shape index (κ1) is 19.3. The van der Waals surface area contributed by atoms with Gasteiger partial charge >= 0.3 is 0 Å². The summed E-state index contributed by atoms with van der Waals surface area (Å²) in [4.78, 5) is 7.78. The molecule has 3 aromatic rings. The fourth-order valence-electron chi connectivity index (χ4n) is 3.90. The lowest BCUT2D eigenvalue weighted by Crippen LogP contribution is -2.18. The molecule has 0 bridgehead atoms. The van der Waals surface area contributed by atoms with Crippen LogP contribution in [0.2, 0.25) is 0 Å². The topological polar surface area (TPSA) is 78.8 Å². The van der Waals surface area contributed by atoms with Crippen molar-refractivity contribution in [1.29, 1.82) is 0 Å². The van der Waals surface area contributed by atoms with E-state index < -0.39 is 0 Å². The first-order chi connectivity index (χ1) is 14.1. The zero-order valence-electron chi connectivity index (χ0n) is 17.3. The number of H-pyrrole nitrogens is 1. The summed E-state index contributed by atoms with van der Waals surface area (Å²) in [6.45, 7) is 6.62. The fourth-order valence-corrected chi connectivity index (χ4v) is 3.90. The lowest BCUT2D eigenvalue weighted by atomic mass is 9.80. The fraction of sp³-hybridized carbons (Fsp3) is 0.391. The van der Waals surface area contributed by atoms with Crippen LogP contribution in [0.5, 0.6) is 0 Å². The second-order valence-corrected chi connectivity index (χ2v) is 8.16. The molecule has 2 aromatic heterocycles. The van der Waals surface area contributed by atoms with Gasteiger partial charge in [0.25, 0.3) is 5.95 Å². The van der Waals surface area contributed by atoms with Crippen LogP contribution in [-0.4, -0.2) is 26.4 Å². The highest BCUT2D eigenvalue weighted by molar-refractivity contribution is 6.03. The van der Waals surface area contributed by atoms with Crippen molar-refractivity contribution < 1.29 is 0 Å². The molecule has 29 heavy (non-hydrogen) atoms. The highest BCUT2D eigenvalue weighted by atomic mass is 15.4. The molecule has 2 heterocycles. The zero-order valence-corrected chi connectivity index (χ0v) is 17.3. The Kier molecular flexibility index (Phi) is 5.69. The summed E-state index contributed by atoms with van der Waals surface area (Å²) in [6.07, 6.45) is 11.2. The maximum absolute atomic E-state index is 4.50. The van der Waals surface area contributed by atoms with Gasteiger partial charge in [-0.05, 0) is 51.5 Å². The van der Waals surface area contributed by atoms with Gasteiger partial charge in [-0.3, -0.25) is 0 Å². The number of anilines is 1. The third kappa shape index (κ3) is 4.53. The minimum absolute atomic E-state index is 0.404. The minimum atomic E-state index is 0.404. The monoisotopic (exact) mass is 388 g/mol. The molecule has 1 aromatic carbocycles. The molecule has 6 heteroatoms. The molecule has 4 rings (SSSR count). The molecular weight excluding hydrogens is 360 g/mol. The highest BCUT2D eigenvalue weighted by Crippen LogP contribution is 2.30. The van der Waals surface area contributed by atoms with Crippen LogP contribution in [0.1, 0.15) is 46.5 Å². The molecule has 0 aliphatic heterocycles. The van der Waals surface area contributed by atoms with Crippen molar-refractivity contribution in [3.63, 3.8) is 0 Å². The number of para-hydroxylation sites is 1. The molecule has 0 amide bonds. The van der Waals surface area contributed by atoms with E-state index in [1.165, 1.54) is 12.0 Å². The van der Waals surface area contributed by atoms with Crippen molar-refractivity contribution in [3.8, 4) is 0 Å². The Morgan fingerprint density at radius 1 is 1.28 bits per heavy atom. The van der Waals surface area contributed by atoms with E-state index in [9.17, 15) is 0 Å². The summed E-state index contributed by atoms with van der Waals surface area (Å²) in [7, 11) is 0. The Bertz CT molecular complexity index is 1090. The van der Waals surface area contributed by atoms with Crippen LogP contribution in [-0.2, 0) is 0 Å². The number of allylic oxidation sites excluding steroid dienone is 4. The predicted molar refractivity (Wildman–Crippen MR) is 120 cm³/mol. The highest BCUT2D eigenvalue weighted by Gasteiger charge is 2.20. The maximum Gasteiger partial charge on any atom is 0.265 e. The van der Waals surface area contributed by atoms with Gasteiger partial charge in [0.1, 0.15) is 5.52 Å². The Labute approximate surface area is 171 Å². The third-order valence-electron chi connectivity index (χ3n) is 5.56. The SMILES string of the molecule is CC(C)=CCCC1=CC[C@@H](/C=N\Nc2nnc3c(n2)[nH]c2ccccc23)[C@H](C)C1. The second kappa shape index (κ2) is 8.55. The normalized spacial score (nSPS) is 19.6. The van der Waals surface area contributed by atoms with E-state index >= 15 is 0 Å². The van der Waals surface area contributed by atoms with E-state index in [4.69, 9.17) is 0 Å². The van der Waals surface area contributed by atoms with E-state index in [0.717, 1.165) is 35.7 Å². The van der Waals surface area contributed by atoms with Gasteiger partial charge in [-0.1, -0.05) is 48.4 Å². The quantitative estimate of drug-likeness (QED) is 0.326. The average molecular weight is 389 g/mol. The van der Waals surface area contributed by atoms with Crippen LogP contribution >= 0.6 is 0 Å². The van der Waals surface area contributed by atoms with Crippen LogP contribution in [0.15, 0.2) is 52.7 Å². The second-order valence-electron chi connectivity index (χ2n) is 8.16. The summed E-state index contributed by atoms with van der Waals surface area (Å²) < 4.78 is 0. The number of nitrogens with one attached hydrogen (secondary N) is 2. The molecule has 1 aliphatic carbocycles. The number of aromatic nitrogens is 4. The zero-order chi connectivity index (χ0) is 20.2. The van der Waals surface area contributed by atoms with Crippen LogP contribution in [0, 0.1) is 11.8 Å². The van der Waals surface area contributed by atoms with E-state index in [-0.39, 0.29) is 0 Å². The van der Waals surface area contributed by atoms with Crippen molar-refractivity contribution in [2.45, 2.75) is 46.5 Å². The molecule has 0 saturated heterocycles. The lowest BCUT2D eigenvalue weighted by Gasteiger charge is -2.25. The summed E-state index contributed by atoms with van der Waals surface area (Å²) in [5, 5.41) is 13.9. The Morgan fingerprint density at radius 3 is 2.97 bits per heavy atom. The first-order valence-corrected chi connectivity index (χ1v) is 10.3. The number of aromatic amines is 1. The first-order valence-electron chi connectivity index (χ1n) is 10.3. The van der Waals surface area contributed by atoms with E-state index in [1.807, 2.05) is 30.5 Å². The molecule has 2 atom stereocenters. The molecule has 0 spiro atoms. The Morgan fingerprint density at radius 2 is 2.14 bits per heavy atom. The standard InChI is InChI=1S/C23H28N6/c1-15(2)7-6-8-17-11-12-18(16(3)13-17)14-24-28-23-26-22-21(27-29-23)19-9-4-5-10-20(19)25-22/h4-5,7,9-11,14,16,18H,6,8,12-13H2,1-3H3,(H2,25,26,28,29)/b24-14-/t16-,18+/m1/s1. The number of rotatable bonds is 6. The number of nitrogens with zero attached hydrogens (tertiary/aromatic N) is 4. The number of hydrazone groups is 1. The van der Waals surface area contributed by atoms with Crippen LogP contribution < -0.4 is 5.43 Å². The number of hydrogen-bond acceptors (Lipinski definition) is 5. The summed E-state index contributed by atoms with van der Waals surface area (Å²) in [5.74, 6) is 1.42. The molecule has 0 unspecified atom stereocenters. The van der Waals surface area contributed by atoms with Crippen molar-refractivity contribution in [3.05, 3.63) is 47.6 Å². The molecule has 6 nitrogen and oxygen atoms in total. The Balaban J connectivity index is 1.38. The van der Waals surface area contributed by atoms with Gasteiger partial charge in [0.05, 0.1) is 0 Å². The van der Waals surface area contributed by atoms with Crippen LogP contribution in [0.4, 0.5) is 5.95 Å². The van der Waals surface area contributed by atoms with E-state index in [0.29, 0.717) is 23.4 Å². The van der Waals surface area contributed by atoms with Gasteiger partial charge < -0.3 is 4.98 Å². The predicted octanol–water partition coefficient (Wildman–Crippen LogP) is 5.62. The van der Waals surface area contributed by atoms with Crippen molar-refractivity contribution in [1.82, 2.24) is 20.2 Å². The van der Waals surface area contributed by atoms with E-state index in [2.05, 4.69) is 63.6 Å². The average Bonchev–Trinajstić information content (AvgIpc) is 3.07. The number of fused-ring (bicyclic) bond motifs is 3. The summed E-state index contributed by atoms with van der Waals surface area (Å²) >= 11 is 0. The molecule has 0 fully saturated rings. The van der Waals surface area contributed by atoms with Crippen molar-refractivity contribution in [2.24, 2.45) is 16.9 Å².